The van der Waals surface area contributed by atoms with Crippen molar-refractivity contribution in [1.29, 1.82) is 0 Å². The van der Waals surface area contributed by atoms with Crippen LogP contribution in [0.25, 0.3) is 0 Å². The summed E-state index contributed by atoms with van der Waals surface area (Å²) >= 11 is 0. The lowest BCUT2D eigenvalue weighted by Crippen LogP contribution is -2.43. The van der Waals surface area contributed by atoms with Crippen LogP contribution in [0.2, 0.25) is 0 Å². The topological polar surface area (TPSA) is 104 Å². The molecular weight excluding hydrogens is 235 g/mol. The first kappa shape index (κ1) is 14.2. The van der Waals surface area contributed by atoms with E-state index in [2.05, 4.69) is 0 Å². The number of carboxylic acids is 2. The average molecular weight is 243 g/mol. The summed E-state index contributed by atoms with van der Waals surface area (Å²) in [5.41, 5.74) is 0. The maximum Gasteiger partial charge on any atom is 0.397 e. The SMILES string of the molecule is O=C(O)C[C@@H](NC(=O)CC(F)(F)F)C(=O)O. The van der Waals surface area contributed by atoms with Gasteiger partial charge in [0.25, 0.3) is 0 Å². The Morgan fingerprint density at radius 2 is 1.69 bits per heavy atom. The molecule has 0 bridgehead atoms. The Labute approximate surface area is 87.0 Å². The normalized spacial score (nSPS) is 12.9. The molecule has 0 rings (SSSR count). The van der Waals surface area contributed by atoms with Gasteiger partial charge >= 0.3 is 18.1 Å². The molecule has 3 N–H and O–H groups in total. The van der Waals surface area contributed by atoms with E-state index in [0.29, 0.717) is 0 Å². The van der Waals surface area contributed by atoms with Gasteiger partial charge in [0.2, 0.25) is 5.91 Å². The number of nitrogens with one attached hydrogen (secondary N) is 1. The average Bonchev–Trinajstić information content (AvgIpc) is 1.97. The van der Waals surface area contributed by atoms with Crippen LogP contribution in [0.15, 0.2) is 0 Å². The van der Waals surface area contributed by atoms with Gasteiger partial charge in [0, 0.05) is 0 Å². The first-order valence-corrected chi connectivity index (χ1v) is 3.92. The Bertz CT molecular complexity index is 301. The van der Waals surface area contributed by atoms with Gasteiger partial charge in [-0.15, -0.1) is 0 Å². The second kappa shape index (κ2) is 5.33. The van der Waals surface area contributed by atoms with Crippen LogP contribution in [-0.4, -0.2) is 40.3 Å². The molecule has 0 spiro atoms. The van der Waals surface area contributed by atoms with E-state index in [1.54, 1.807) is 0 Å². The van der Waals surface area contributed by atoms with Gasteiger partial charge in [-0.1, -0.05) is 0 Å². The molecule has 0 aromatic heterocycles. The predicted molar refractivity (Wildman–Crippen MR) is 42.5 cm³/mol. The third-order valence-corrected chi connectivity index (χ3v) is 1.37. The molecule has 92 valence electrons. The van der Waals surface area contributed by atoms with Gasteiger partial charge in [-0.25, -0.2) is 4.79 Å². The number of aliphatic carboxylic acids is 2. The van der Waals surface area contributed by atoms with Gasteiger partial charge < -0.3 is 15.5 Å². The molecule has 1 atom stereocenters. The molecule has 0 aliphatic rings. The minimum absolute atomic E-state index is 0.987. The van der Waals surface area contributed by atoms with E-state index in [4.69, 9.17) is 10.2 Å². The predicted octanol–water partition coefficient (Wildman–Crippen LogP) is -0.0171. The first-order chi connectivity index (χ1) is 7.11. The zero-order valence-corrected chi connectivity index (χ0v) is 7.74. The molecule has 0 aliphatic heterocycles. The summed E-state index contributed by atoms with van der Waals surface area (Å²) in [7, 11) is 0. The molecule has 0 aromatic rings. The Kier molecular flexibility index (Phi) is 4.73. The van der Waals surface area contributed by atoms with Gasteiger partial charge in [-0.2, -0.15) is 13.2 Å². The number of alkyl halides is 3. The van der Waals surface area contributed by atoms with Crippen molar-refractivity contribution in [1.82, 2.24) is 5.32 Å². The van der Waals surface area contributed by atoms with E-state index in [-0.39, 0.29) is 0 Å². The van der Waals surface area contributed by atoms with Crippen LogP contribution in [0.1, 0.15) is 12.8 Å². The van der Waals surface area contributed by atoms with Crippen LogP contribution in [0, 0.1) is 0 Å². The van der Waals surface area contributed by atoms with Crippen molar-refractivity contribution in [2.45, 2.75) is 25.1 Å². The van der Waals surface area contributed by atoms with E-state index < -0.39 is 42.9 Å². The largest absolute Gasteiger partial charge is 0.481 e. The third-order valence-electron chi connectivity index (χ3n) is 1.37. The molecule has 9 heteroatoms. The molecular formula is C7H8F3NO5. The Hall–Kier alpha value is -1.80. The summed E-state index contributed by atoms with van der Waals surface area (Å²) in [6.07, 6.45) is -7.61. The highest BCUT2D eigenvalue weighted by atomic mass is 19.4. The van der Waals surface area contributed by atoms with E-state index in [9.17, 15) is 27.6 Å². The highest BCUT2D eigenvalue weighted by molar-refractivity contribution is 5.86. The molecule has 1 amide bonds. The molecule has 0 saturated carbocycles. The van der Waals surface area contributed by atoms with Gasteiger partial charge in [0.05, 0.1) is 6.42 Å². The molecule has 16 heavy (non-hydrogen) atoms. The quantitative estimate of drug-likeness (QED) is 0.629. The fourth-order valence-electron chi connectivity index (χ4n) is 0.802. The Morgan fingerprint density at radius 3 is 2.00 bits per heavy atom. The van der Waals surface area contributed by atoms with Crippen molar-refractivity contribution in [3.8, 4) is 0 Å². The van der Waals surface area contributed by atoms with Gasteiger partial charge in [-0.3, -0.25) is 9.59 Å². The van der Waals surface area contributed by atoms with E-state index in [1.165, 1.54) is 5.32 Å². The number of rotatable bonds is 5. The summed E-state index contributed by atoms with van der Waals surface area (Å²) in [6.45, 7) is 0. The fourth-order valence-corrected chi connectivity index (χ4v) is 0.802. The zero-order valence-electron chi connectivity index (χ0n) is 7.74. The van der Waals surface area contributed by atoms with E-state index in [1.807, 2.05) is 0 Å². The van der Waals surface area contributed by atoms with E-state index >= 15 is 0 Å². The lowest BCUT2D eigenvalue weighted by molar-refractivity contribution is -0.157. The van der Waals surface area contributed by atoms with Crippen molar-refractivity contribution in [3.05, 3.63) is 0 Å². The fraction of sp³-hybridized carbons (Fsp3) is 0.571. The summed E-state index contributed by atoms with van der Waals surface area (Å²) in [6, 6.07) is -1.87. The number of hydrogen-bond donors (Lipinski definition) is 3. The number of halogens is 3. The maximum absolute atomic E-state index is 11.7. The minimum Gasteiger partial charge on any atom is -0.481 e. The van der Waals surface area contributed by atoms with Crippen molar-refractivity contribution < 1.29 is 37.8 Å². The number of amides is 1. The van der Waals surface area contributed by atoms with Crippen LogP contribution < -0.4 is 5.32 Å². The highest BCUT2D eigenvalue weighted by Crippen LogP contribution is 2.19. The molecule has 0 radical (unpaired) electrons. The summed E-state index contributed by atoms with van der Waals surface area (Å²) in [5.74, 6) is -4.83. The lowest BCUT2D eigenvalue weighted by atomic mass is 10.2. The molecule has 6 nitrogen and oxygen atoms in total. The maximum atomic E-state index is 11.7. The molecule has 0 unspecified atom stereocenters. The molecule has 0 fully saturated rings. The number of carboxylic acid groups (broad SMARTS) is 2. The lowest BCUT2D eigenvalue weighted by Gasteiger charge is -2.13. The van der Waals surface area contributed by atoms with Crippen LogP contribution in [-0.2, 0) is 14.4 Å². The van der Waals surface area contributed by atoms with Gasteiger partial charge in [-0.05, 0) is 0 Å². The van der Waals surface area contributed by atoms with Gasteiger partial charge in [0.15, 0.2) is 0 Å². The van der Waals surface area contributed by atoms with Gasteiger partial charge in [0.1, 0.15) is 12.5 Å². The highest BCUT2D eigenvalue weighted by Gasteiger charge is 2.33. The molecule has 0 heterocycles. The number of carbonyl (C=O) groups excluding carboxylic acids is 1. The first-order valence-electron chi connectivity index (χ1n) is 3.92. The van der Waals surface area contributed by atoms with Crippen LogP contribution in [0.3, 0.4) is 0 Å². The summed E-state index contributed by atoms with van der Waals surface area (Å²) in [4.78, 5) is 31.2. The number of carbonyl (C=O) groups is 3. The Balaban J connectivity index is 4.35. The van der Waals surface area contributed by atoms with Crippen molar-refractivity contribution in [2.75, 3.05) is 0 Å². The standard InChI is InChI=1S/C7H8F3NO5/c8-7(9,10)2-4(12)11-3(6(15)16)1-5(13)14/h3H,1-2H2,(H,11,12)(H,13,14)(H,15,16)/t3-/m1/s1. The second-order valence-corrected chi connectivity index (χ2v) is 2.85. The molecule has 0 aliphatic carbocycles. The van der Waals surface area contributed by atoms with Crippen molar-refractivity contribution in [3.63, 3.8) is 0 Å². The monoisotopic (exact) mass is 243 g/mol. The summed E-state index contributed by atoms with van der Waals surface area (Å²) in [5, 5.41) is 18.1. The molecule has 0 saturated heterocycles. The Morgan fingerprint density at radius 1 is 1.19 bits per heavy atom. The van der Waals surface area contributed by atoms with Crippen LogP contribution in [0.5, 0.6) is 0 Å². The smallest absolute Gasteiger partial charge is 0.397 e. The van der Waals surface area contributed by atoms with Crippen molar-refractivity contribution >= 4 is 17.8 Å². The van der Waals surface area contributed by atoms with Crippen LogP contribution >= 0.6 is 0 Å². The van der Waals surface area contributed by atoms with Crippen LogP contribution in [0.4, 0.5) is 13.2 Å². The van der Waals surface area contributed by atoms with E-state index in [0.717, 1.165) is 0 Å². The minimum atomic E-state index is -4.77. The molecule has 0 aromatic carbocycles. The van der Waals surface area contributed by atoms with Crippen molar-refractivity contribution in [2.24, 2.45) is 0 Å². The zero-order chi connectivity index (χ0) is 12.9. The summed E-state index contributed by atoms with van der Waals surface area (Å²) < 4.78 is 35.1. The third kappa shape index (κ3) is 6.62. The second-order valence-electron chi connectivity index (χ2n) is 2.85. The number of hydrogen-bond acceptors (Lipinski definition) is 3.